The van der Waals surface area contributed by atoms with E-state index in [1.54, 1.807) is 23.1 Å². The van der Waals surface area contributed by atoms with E-state index in [-0.39, 0.29) is 50.0 Å². The Labute approximate surface area is 237 Å². The van der Waals surface area contributed by atoms with Crippen LogP contribution in [-0.4, -0.2) is 89.8 Å². The summed E-state index contributed by atoms with van der Waals surface area (Å²) in [5, 5.41) is 32.9. The Morgan fingerprint density at radius 3 is 2.58 bits per heavy atom. The summed E-state index contributed by atoms with van der Waals surface area (Å²) in [5.41, 5.74) is 1.01. The van der Waals surface area contributed by atoms with Crippen LogP contribution in [0.5, 0.6) is 11.5 Å². The number of aliphatic hydroxyl groups is 3. The lowest BCUT2D eigenvalue weighted by atomic mass is 9.87. The maximum absolute atomic E-state index is 13.4. The van der Waals surface area contributed by atoms with Crippen molar-refractivity contribution < 1.29 is 39.1 Å². The quantitative estimate of drug-likeness (QED) is 0.177. The van der Waals surface area contributed by atoms with E-state index in [1.165, 1.54) is 7.11 Å². The zero-order valence-corrected chi connectivity index (χ0v) is 24.3. The number of hydrogen-bond donors (Lipinski definition) is 4. The molecule has 0 radical (unpaired) electrons. The maximum Gasteiger partial charge on any atom is 0.247 e. The Hall–Kier alpha value is -1.93. The minimum Gasteiger partial charge on any atom is -0.493 e. The summed E-state index contributed by atoms with van der Waals surface area (Å²) in [6, 6.07) is 2.72. The molecule has 0 saturated heterocycles. The molecule has 0 spiro atoms. The van der Waals surface area contributed by atoms with Gasteiger partial charge in [-0.1, -0.05) is 0 Å². The molecule has 38 heavy (non-hydrogen) atoms. The van der Waals surface area contributed by atoms with Crippen LogP contribution in [0, 0.1) is 9.49 Å². The lowest BCUT2D eigenvalue weighted by Gasteiger charge is -2.41. The molecule has 3 atom stereocenters. The fraction of sp³-hybridized carbons (Fsp3) is 0.630. The average molecular weight is 647 g/mol. The molecule has 0 aromatic heterocycles. The van der Waals surface area contributed by atoms with Gasteiger partial charge in [0.25, 0.3) is 0 Å². The second-order valence-electron chi connectivity index (χ2n) is 9.86. The number of carbonyl (C=O) groups is 2. The molecule has 0 heterocycles. The summed E-state index contributed by atoms with van der Waals surface area (Å²) >= 11 is 2.07. The fourth-order valence-electron chi connectivity index (χ4n) is 4.45. The topological polar surface area (TPSA) is 138 Å². The van der Waals surface area contributed by atoms with E-state index in [1.807, 2.05) is 13.8 Å². The van der Waals surface area contributed by atoms with Crippen LogP contribution in [0.15, 0.2) is 23.8 Å². The summed E-state index contributed by atoms with van der Waals surface area (Å²) in [6.07, 6.45) is 1.95. The molecule has 0 unspecified atom stereocenters. The molecule has 3 rings (SSSR count). The molecule has 2 aliphatic rings. The number of rotatable bonds is 14. The zero-order chi connectivity index (χ0) is 27.8. The smallest absolute Gasteiger partial charge is 0.247 e. The molecule has 1 saturated carbocycles. The van der Waals surface area contributed by atoms with Gasteiger partial charge in [-0.3, -0.25) is 9.59 Å². The van der Waals surface area contributed by atoms with Gasteiger partial charge in [0.05, 0.1) is 36.0 Å². The Kier molecular flexibility index (Phi) is 11.6. The van der Waals surface area contributed by atoms with Crippen LogP contribution < -0.4 is 14.8 Å². The maximum atomic E-state index is 13.4. The molecule has 1 aromatic rings. The molecule has 4 N–H and O–H groups in total. The predicted octanol–water partition coefficient (Wildman–Crippen LogP) is 1.76. The molecule has 0 aliphatic heterocycles. The first-order valence-corrected chi connectivity index (χ1v) is 14.1. The van der Waals surface area contributed by atoms with Crippen molar-refractivity contribution in [2.24, 2.45) is 5.92 Å². The van der Waals surface area contributed by atoms with Gasteiger partial charge in [-0.2, -0.15) is 0 Å². The van der Waals surface area contributed by atoms with E-state index in [0.717, 1.165) is 12.8 Å². The standard InChI is InChI=1S/C27H39IN2O8/c1-16(2)37-10-4-8-30(27(35)18-5-6-18)21-13-19(26(34)29-7-9-31)14-22(24(21)33)38-25-20(28)11-17(15-32)12-23(25)36-3/h11-12,14,16,18,21-22,24,31-33H,4-10,13,15H2,1-3H3,(H,29,34)/t21-,22+,24+/m1/s1. The molecule has 10 nitrogen and oxygen atoms in total. The Bertz CT molecular complexity index is 998. The van der Waals surface area contributed by atoms with Crippen molar-refractivity contribution in [3.8, 4) is 11.5 Å². The number of methoxy groups -OCH3 is 1. The van der Waals surface area contributed by atoms with Crippen molar-refractivity contribution in [2.45, 2.75) is 70.5 Å². The molecule has 2 amide bonds. The minimum absolute atomic E-state index is 0.0335. The van der Waals surface area contributed by atoms with Gasteiger partial charge in [-0.15, -0.1) is 0 Å². The summed E-state index contributed by atoms with van der Waals surface area (Å²) < 4.78 is 18.1. The van der Waals surface area contributed by atoms with Gasteiger partial charge < -0.3 is 39.7 Å². The number of ether oxygens (including phenoxy) is 3. The molecule has 212 valence electrons. The third kappa shape index (κ3) is 8.04. The SMILES string of the molecule is COc1cc(CO)cc(I)c1O[C@H]1C=C(C(=O)NCCO)C[C@@H](N(CCCOC(C)C)C(=O)C2CC2)[C@@H]1O. The highest BCUT2D eigenvalue weighted by Gasteiger charge is 2.44. The van der Waals surface area contributed by atoms with Crippen LogP contribution in [0.3, 0.4) is 0 Å². The van der Waals surface area contributed by atoms with Crippen molar-refractivity contribution in [1.29, 1.82) is 0 Å². The number of amides is 2. The van der Waals surface area contributed by atoms with E-state index >= 15 is 0 Å². The highest BCUT2D eigenvalue weighted by atomic mass is 127. The van der Waals surface area contributed by atoms with Crippen molar-refractivity contribution in [3.05, 3.63) is 32.9 Å². The summed E-state index contributed by atoms with van der Waals surface area (Å²) in [5.74, 6) is 0.258. The van der Waals surface area contributed by atoms with E-state index < -0.39 is 18.2 Å². The van der Waals surface area contributed by atoms with Crippen LogP contribution >= 0.6 is 22.6 Å². The van der Waals surface area contributed by atoms with Gasteiger partial charge in [-0.05, 0) is 79.5 Å². The Morgan fingerprint density at radius 2 is 1.97 bits per heavy atom. The van der Waals surface area contributed by atoms with Gasteiger partial charge in [0, 0.05) is 37.6 Å². The molecular formula is C27H39IN2O8. The van der Waals surface area contributed by atoms with Crippen LogP contribution in [0.4, 0.5) is 0 Å². The number of carbonyl (C=O) groups excluding carboxylic acids is 2. The first-order valence-electron chi connectivity index (χ1n) is 13.0. The van der Waals surface area contributed by atoms with E-state index in [0.29, 0.717) is 45.8 Å². The van der Waals surface area contributed by atoms with E-state index in [2.05, 4.69) is 27.9 Å². The normalized spacial score (nSPS) is 21.2. The molecule has 0 bridgehead atoms. The largest absolute Gasteiger partial charge is 0.493 e. The third-order valence-electron chi connectivity index (χ3n) is 6.54. The average Bonchev–Trinajstić information content (AvgIpc) is 3.74. The molecule has 1 aromatic carbocycles. The number of hydrogen-bond acceptors (Lipinski definition) is 8. The van der Waals surface area contributed by atoms with E-state index in [9.17, 15) is 24.9 Å². The lowest BCUT2D eigenvalue weighted by molar-refractivity contribution is -0.140. The molecule has 2 aliphatic carbocycles. The summed E-state index contributed by atoms with van der Waals surface area (Å²) in [6.45, 7) is 4.46. The van der Waals surface area contributed by atoms with Gasteiger partial charge >= 0.3 is 0 Å². The first kappa shape index (κ1) is 30.6. The summed E-state index contributed by atoms with van der Waals surface area (Å²) in [4.78, 5) is 28.0. The minimum atomic E-state index is -1.11. The number of nitrogens with zero attached hydrogens (tertiary/aromatic N) is 1. The zero-order valence-electron chi connectivity index (χ0n) is 22.2. The highest BCUT2D eigenvalue weighted by Crippen LogP contribution is 2.38. The van der Waals surface area contributed by atoms with Gasteiger partial charge in [0.2, 0.25) is 11.8 Å². The molecule has 1 fully saturated rings. The molecule has 11 heteroatoms. The predicted molar refractivity (Wildman–Crippen MR) is 149 cm³/mol. The van der Waals surface area contributed by atoms with Gasteiger partial charge in [-0.25, -0.2) is 0 Å². The van der Waals surface area contributed by atoms with Crippen LogP contribution in [0.25, 0.3) is 0 Å². The van der Waals surface area contributed by atoms with Crippen LogP contribution in [0.1, 0.15) is 45.1 Å². The highest BCUT2D eigenvalue weighted by molar-refractivity contribution is 14.1. The van der Waals surface area contributed by atoms with Gasteiger partial charge in [0.1, 0.15) is 12.2 Å². The Balaban J connectivity index is 1.93. The number of halogens is 1. The molecular weight excluding hydrogens is 607 g/mol. The monoisotopic (exact) mass is 646 g/mol. The van der Waals surface area contributed by atoms with Gasteiger partial charge in [0.15, 0.2) is 11.5 Å². The number of benzene rings is 1. The number of aliphatic hydroxyl groups excluding tert-OH is 3. The summed E-state index contributed by atoms with van der Waals surface area (Å²) in [7, 11) is 1.48. The fourth-order valence-corrected chi connectivity index (χ4v) is 5.25. The third-order valence-corrected chi connectivity index (χ3v) is 7.35. The second kappa shape index (κ2) is 14.5. The van der Waals surface area contributed by atoms with Crippen molar-refractivity contribution in [3.63, 3.8) is 0 Å². The lowest BCUT2D eigenvalue weighted by Crippen LogP contribution is -2.55. The van der Waals surface area contributed by atoms with Crippen molar-refractivity contribution >= 4 is 34.4 Å². The van der Waals surface area contributed by atoms with Crippen LogP contribution in [-0.2, 0) is 20.9 Å². The number of nitrogens with one attached hydrogen (secondary N) is 1. The van der Waals surface area contributed by atoms with Crippen LogP contribution in [0.2, 0.25) is 0 Å². The Morgan fingerprint density at radius 1 is 1.24 bits per heavy atom. The van der Waals surface area contributed by atoms with Crippen molar-refractivity contribution in [2.75, 3.05) is 33.4 Å². The van der Waals surface area contributed by atoms with Crippen molar-refractivity contribution in [1.82, 2.24) is 10.2 Å². The second-order valence-corrected chi connectivity index (χ2v) is 11.0. The first-order chi connectivity index (χ1) is 18.2. The van der Waals surface area contributed by atoms with E-state index in [4.69, 9.17) is 14.2 Å².